The van der Waals surface area contributed by atoms with Gasteiger partial charge >= 0.3 is 0 Å². The van der Waals surface area contributed by atoms with Crippen LogP contribution < -0.4 is 11.5 Å². The van der Waals surface area contributed by atoms with Crippen LogP contribution in [0.1, 0.15) is 72.7 Å². The Morgan fingerprint density at radius 2 is 1.06 bits per heavy atom. The van der Waals surface area contributed by atoms with E-state index < -0.39 is 0 Å². The zero-order valence-electron chi connectivity index (χ0n) is 21.6. The van der Waals surface area contributed by atoms with Gasteiger partial charge in [-0.3, -0.25) is 0 Å². The molecule has 0 unspecified atom stereocenters. The SMILES string of the molecule is CC1=C(C)/C(N)=C/c2[nH]c(c(C)c2C)/C=C/C(C)=C(C)\C(N)=C/c2c(C)c(C)c(n2C)\C=C\1. The number of H-pyrrole nitrogens is 1. The summed E-state index contributed by atoms with van der Waals surface area (Å²) < 4.78 is 2.21. The number of nitrogens with one attached hydrogen (secondary N) is 1. The first kappa shape index (κ1) is 24.2. The Morgan fingerprint density at radius 3 is 1.67 bits per heavy atom. The second-order valence-electron chi connectivity index (χ2n) is 9.26. The maximum atomic E-state index is 6.56. The smallest absolute Gasteiger partial charge is 0.0462 e. The number of rotatable bonds is 0. The summed E-state index contributed by atoms with van der Waals surface area (Å²) in [6.07, 6.45) is 12.7. The van der Waals surface area contributed by atoms with Gasteiger partial charge in [0.2, 0.25) is 0 Å². The van der Waals surface area contributed by atoms with Gasteiger partial charge in [0, 0.05) is 41.2 Å². The fourth-order valence-electron chi connectivity index (χ4n) is 4.14. The van der Waals surface area contributed by atoms with Crippen molar-refractivity contribution >= 4 is 24.3 Å². The lowest BCUT2D eigenvalue weighted by atomic mass is 10.0. The molecule has 174 valence electrons. The Labute approximate surface area is 198 Å². The maximum absolute atomic E-state index is 6.56. The Morgan fingerprint density at radius 1 is 0.576 bits per heavy atom. The molecular formula is C29H38N4. The molecule has 0 saturated heterocycles. The maximum Gasteiger partial charge on any atom is 0.0462 e. The summed E-state index contributed by atoms with van der Waals surface area (Å²) in [4.78, 5) is 3.53. The van der Waals surface area contributed by atoms with Crippen molar-refractivity contribution in [2.75, 3.05) is 0 Å². The van der Waals surface area contributed by atoms with Crippen LogP contribution in [0, 0.1) is 27.7 Å². The van der Waals surface area contributed by atoms with Gasteiger partial charge in [0.25, 0.3) is 0 Å². The second-order valence-corrected chi connectivity index (χ2v) is 9.26. The van der Waals surface area contributed by atoms with Gasteiger partial charge in [-0.2, -0.15) is 0 Å². The summed E-state index contributed by atoms with van der Waals surface area (Å²) in [5.41, 5.74) is 28.4. The summed E-state index contributed by atoms with van der Waals surface area (Å²) in [6, 6.07) is 0. The highest BCUT2D eigenvalue weighted by molar-refractivity contribution is 5.69. The summed E-state index contributed by atoms with van der Waals surface area (Å²) in [7, 11) is 2.09. The highest BCUT2D eigenvalue weighted by atomic mass is 15.0. The minimum atomic E-state index is 0.765. The van der Waals surface area contributed by atoms with Crippen molar-refractivity contribution in [3.8, 4) is 0 Å². The van der Waals surface area contributed by atoms with Crippen LogP contribution in [0.5, 0.6) is 0 Å². The van der Waals surface area contributed by atoms with E-state index in [1.807, 2.05) is 6.08 Å². The van der Waals surface area contributed by atoms with E-state index in [9.17, 15) is 0 Å². The molecule has 4 nitrogen and oxygen atoms in total. The first-order valence-electron chi connectivity index (χ1n) is 11.4. The van der Waals surface area contributed by atoms with Crippen molar-refractivity contribution in [1.82, 2.24) is 9.55 Å². The zero-order valence-corrected chi connectivity index (χ0v) is 21.6. The molecule has 4 heteroatoms. The topological polar surface area (TPSA) is 72.8 Å². The number of hydrogen-bond donors (Lipinski definition) is 3. The van der Waals surface area contributed by atoms with E-state index in [1.165, 1.54) is 27.9 Å². The highest BCUT2D eigenvalue weighted by Gasteiger charge is 2.13. The van der Waals surface area contributed by atoms with Gasteiger partial charge in [0.1, 0.15) is 0 Å². The van der Waals surface area contributed by atoms with Crippen LogP contribution in [0.2, 0.25) is 0 Å². The Hall–Kier alpha value is -3.40. The van der Waals surface area contributed by atoms with Crippen LogP contribution in [-0.4, -0.2) is 9.55 Å². The van der Waals surface area contributed by atoms with Crippen LogP contribution in [0.3, 0.4) is 0 Å². The van der Waals surface area contributed by atoms with Gasteiger partial charge in [-0.05, 0) is 124 Å². The van der Waals surface area contributed by atoms with Gasteiger partial charge in [0.15, 0.2) is 0 Å². The Balaban J connectivity index is 2.31. The van der Waals surface area contributed by atoms with Crippen molar-refractivity contribution in [3.05, 3.63) is 90.9 Å². The molecule has 0 aromatic carbocycles. The fourth-order valence-corrected chi connectivity index (χ4v) is 4.14. The standard InChI is InChI=1S/C29H38N4/c1-16-10-12-26-20(5)21(6)27(32-26)14-24(30)18(3)17(2)11-13-28-22(7)23(8)29(33(28)9)15-25(31)19(16)4/h10-15,32H,30-31H2,1-9H3/b12-10+,13-11+,16-10?,17-11?,18-17-,19-16-,24-14-,24-18?,25-15+,25-19?,26-12?,27-14?,28-13?,29-15?. The molecule has 33 heavy (non-hydrogen) atoms. The van der Waals surface area contributed by atoms with Crippen molar-refractivity contribution in [1.29, 1.82) is 0 Å². The zero-order chi connectivity index (χ0) is 24.6. The quantitative estimate of drug-likeness (QED) is 0.430. The van der Waals surface area contributed by atoms with Crippen LogP contribution in [0.15, 0.2) is 45.8 Å². The Kier molecular flexibility index (Phi) is 6.78. The molecular weight excluding hydrogens is 404 g/mol. The molecule has 2 aromatic heterocycles. The van der Waals surface area contributed by atoms with Crippen LogP contribution >= 0.6 is 0 Å². The van der Waals surface area contributed by atoms with E-state index in [1.54, 1.807) is 0 Å². The fraction of sp³-hybridized carbons (Fsp3) is 0.310. The third-order valence-corrected chi connectivity index (χ3v) is 7.33. The van der Waals surface area contributed by atoms with E-state index >= 15 is 0 Å². The minimum Gasteiger partial charge on any atom is -0.398 e. The van der Waals surface area contributed by atoms with Gasteiger partial charge in [-0.1, -0.05) is 12.2 Å². The normalized spacial score (nSPS) is 25.0. The largest absolute Gasteiger partial charge is 0.398 e. The lowest BCUT2D eigenvalue weighted by Crippen LogP contribution is -2.03. The Bertz CT molecular complexity index is 1290. The molecule has 5 N–H and O–H groups in total. The van der Waals surface area contributed by atoms with Crippen molar-refractivity contribution in [2.24, 2.45) is 18.5 Å². The number of hydrogen-bond acceptors (Lipinski definition) is 2. The number of aromatic nitrogens is 2. The first-order valence-corrected chi connectivity index (χ1v) is 11.4. The van der Waals surface area contributed by atoms with Crippen molar-refractivity contribution in [2.45, 2.75) is 55.4 Å². The van der Waals surface area contributed by atoms with Crippen molar-refractivity contribution in [3.63, 3.8) is 0 Å². The first-order chi connectivity index (χ1) is 15.4. The molecule has 0 fully saturated rings. The van der Waals surface area contributed by atoms with Gasteiger partial charge in [-0.25, -0.2) is 0 Å². The summed E-state index contributed by atoms with van der Waals surface area (Å²) >= 11 is 0. The molecule has 3 heterocycles. The average molecular weight is 443 g/mol. The molecule has 0 spiro atoms. The number of allylic oxidation sites excluding steroid dienone is 6. The van der Waals surface area contributed by atoms with Gasteiger partial charge in [0.05, 0.1) is 0 Å². The molecule has 0 aliphatic carbocycles. The highest BCUT2D eigenvalue weighted by Crippen LogP contribution is 2.27. The van der Waals surface area contributed by atoms with E-state index in [0.717, 1.165) is 50.8 Å². The molecule has 0 amide bonds. The molecule has 0 atom stereocenters. The number of fused-ring (bicyclic) bond motifs is 4. The predicted octanol–water partition coefficient (Wildman–Crippen LogP) is 6.60. The summed E-state index contributed by atoms with van der Waals surface area (Å²) in [6.45, 7) is 16.9. The van der Waals surface area contributed by atoms with E-state index in [4.69, 9.17) is 11.5 Å². The molecule has 0 radical (unpaired) electrons. The average Bonchev–Trinajstić information content (AvgIpc) is 3.16. The third kappa shape index (κ3) is 4.56. The summed E-state index contributed by atoms with van der Waals surface area (Å²) in [5, 5.41) is 0. The van der Waals surface area contributed by atoms with Gasteiger partial charge in [-0.15, -0.1) is 0 Å². The molecule has 0 saturated carbocycles. The van der Waals surface area contributed by atoms with E-state index in [-0.39, 0.29) is 0 Å². The number of aromatic amines is 1. The monoisotopic (exact) mass is 442 g/mol. The third-order valence-electron chi connectivity index (χ3n) is 7.33. The van der Waals surface area contributed by atoms with Crippen LogP contribution in [-0.2, 0) is 7.05 Å². The predicted molar refractivity (Wildman–Crippen MR) is 144 cm³/mol. The lowest BCUT2D eigenvalue weighted by molar-refractivity contribution is 0.895. The number of nitrogens with zero attached hydrogens (tertiary/aromatic N) is 1. The molecule has 1 aliphatic rings. The second kappa shape index (κ2) is 9.22. The van der Waals surface area contributed by atoms with E-state index in [0.29, 0.717) is 0 Å². The van der Waals surface area contributed by atoms with E-state index in [2.05, 4.69) is 102 Å². The van der Waals surface area contributed by atoms with Crippen LogP contribution in [0.4, 0.5) is 0 Å². The van der Waals surface area contributed by atoms with Gasteiger partial charge < -0.3 is 21.0 Å². The lowest BCUT2D eigenvalue weighted by Gasteiger charge is -2.08. The molecule has 1 aliphatic heterocycles. The summed E-state index contributed by atoms with van der Waals surface area (Å²) in [5.74, 6) is 0. The number of nitrogens with two attached hydrogens (primary N) is 2. The molecule has 3 rings (SSSR count). The van der Waals surface area contributed by atoms with Crippen LogP contribution in [0.25, 0.3) is 24.3 Å². The van der Waals surface area contributed by atoms with Crippen molar-refractivity contribution < 1.29 is 0 Å². The minimum absolute atomic E-state index is 0.765. The molecule has 4 bridgehead atoms. The molecule has 2 aromatic rings.